The first kappa shape index (κ1) is 15.1. The molecule has 1 saturated carbocycles. The molecule has 5 nitrogen and oxygen atoms in total. The molecule has 0 spiro atoms. The number of hydrogen-bond donors (Lipinski definition) is 2. The molecule has 2 aromatic heterocycles. The zero-order valence-electron chi connectivity index (χ0n) is 13.1. The van der Waals surface area contributed by atoms with E-state index in [0.29, 0.717) is 10.7 Å². The van der Waals surface area contributed by atoms with Crippen molar-refractivity contribution in [2.24, 2.45) is 0 Å². The van der Waals surface area contributed by atoms with E-state index in [2.05, 4.69) is 20.5 Å². The van der Waals surface area contributed by atoms with Gasteiger partial charge in [-0.15, -0.1) is 0 Å². The van der Waals surface area contributed by atoms with Crippen LogP contribution in [0.4, 0.5) is 0 Å². The molecule has 1 amide bonds. The quantitative estimate of drug-likeness (QED) is 0.758. The van der Waals surface area contributed by atoms with Crippen molar-refractivity contribution in [3.63, 3.8) is 0 Å². The summed E-state index contributed by atoms with van der Waals surface area (Å²) in [4.78, 5) is 16.7. The number of amides is 1. The van der Waals surface area contributed by atoms with Crippen LogP contribution >= 0.6 is 11.6 Å². The highest BCUT2D eigenvalue weighted by Crippen LogP contribution is 2.27. The number of pyridine rings is 1. The lowest BCUT2D eigenvalue weighted by molar-refractivity contribution is 0.0934. The summed E-state index contributed by atoms with van der Waals surface area (Å²) in [7, 11) is 0. The fourth-order valence-corrected chi connectivity index (χ4v) is 3.43. The van der Waals surface area contributed by atoms with Crippen LogP contribution in [0, 0.1) is 0 Å². The van der Waals surface area contributed by atoms with Crippen molar-refractivity contribution < 1.29 is 4.79 Å². The van der Waals surface area contributed by atoms with Crippen LogP contribution in [-0.2, 0) is 0 Å². The molecule has 1 fully saturated rings. The largest absolute Gasteiger partial charge is 0.348 e. The number of aromatic nitrogens is 3. The SMILES string of the molecule is O=C(NC1CCCC1)c1n[nH]c2ccc(-c3cncc(Cl)c3)cc12. The number of hydrogen-bond acceptors (Lipinski definition) is 3. The van der Waals surface area contributed by atoms with Gasteiger partial charge in [-0.1, -0.05) is 30.5 Å². The highest BCUT2D eigenvalue weighted by atomic mass is 35.5. The van der Waals surface area contributed by atoms with Gasteiger partial charge in [0.1, 0.15) is 0 Å². The van der Waals surface area contributed by atoms with Crippen molar-refractivity contribution >= 4 is 28.4 Å². The Morgan fingerprint density at radius 3 is 2.79 bits per heavy atom. The van der Waals surface area contributed by atoms with E-state index in [1.165, 1.54) is 12.8 Å². The molecule has 3 aromatic rings. The highest BCUT2D eigenvalue weighted by Gasteiger charge is 2.21. The summed E-state index contributed by atoms with van der Waals surface area (Å²) in [5, 5.41) is 11.6. The molecule has 0 saturated heterocycles. The summed E-state index contributed by atoms with van der Waals surface area (Å²) in [6.45, 7) is 0. The van der Waals surface area contributed by atoms with Crippen LogP contribution in [0.5, 0.6) is 0 Å². The molecular formula is C18H17ClN4O. The lowest BCUT2D eigenvalue weighted by atomic mass is 10.0. The Morgan fingerprint density at radius 1 is 1.17 bits per heavy atom. The molecule has 1 aliphatic rings. The van der Waals surface area contributed by atoms with Crippen molar-refractivity contribution in [3.8, 4) is 11.1 Å². The summed E-state index contributed by atoms with van der Waals surface area (Å²) in [6, 6.07) is 7.96. The number of carbonyl (C=O) groups excluding carboxylic acids is 1. The summed E-state index contributed by atoms with van der Waals surface area (Å²) < 4.78 is 0. The van der Waals surface area contributed by atoms with E-state index in [0.717, 1.165) is 34.9 Å². The minimum atomic E-state index is -0.116. The molecule has 6 heteroatoms. The van der Waals surface area contributed by atoms with Crippen LogP contribution in [-0.4, -0.2) is 27.1 Å². The molecule has 0 unspecified atom stereocenters. The summed E-state index contributed by atoms with van der Waals surface area (Å²) in [6.07, 6.45) is 7.81. The molecule has 0 atom stereocenters. The maximum Gasteiger partial charge on any atom is 0.272 e. The van der Waals surface area contributed by atoms with Gasteiger partial charge in [0, 0.05) is 29.4 Å². The standard InChI is InChI=1S/C18H17ClN4O/c19-13-7-12(9-20-10-13)11-5-6-16-15(8-11)17(23-22-16)18(24)21-14-3-1-2-4-14/h5-10,14H,1-4H2,(H,21,24)(H,22,23). The third kappa shape index (κ3) is 2.87. The monoisotopic (exact) mass is 340 g/mol. The molecule has 2 heterocycles. The summed E-state index contributed by atoms with van der Waals surface area (Å²) in [5.41, 5.74) is 3.14. The van der Waals surface area contributed by atoms with E-state index >= 15 is 0 Å². The first-order valence-electron chi connectivity index (χ1n) is 8.10. The first-order valence-corrected chi connectivity index (χ1v) is 8.48. The lowest BCUT2D eigenvalue weighted by Crippen LogP contribution is -2.32. The van der Waals surface area contributed by atoms with Gasteiger partial charge in [0.15, 0.2) is 5.69 Å². The lowest BCUT2D eigenvalue weighted by Gasteiger charge is -2.10. The molecule has 122 valence electrons. The van der Waals surface area contributed by atoms with Crippen molar-refractivity contribution in [1.82, 2.24) is 20.5 Å². The molecule has 1 aliphatic carbocycles. The Labute approximate surface area is 144 Å². The zero-order valence-corrected chi connectivity index (χ0v) is 13.8. The van der Waals surface area contributed by atoms with Crippen LogP contribution in [0.3, 0.4) is 0 Å². The number of H-pyrrole nitrogens is 1. The van der Waals surface area contributed by atoms with Gasteiger partial charge >= 0.3 is 0 Å². The van der Waals surface area contributed by atoms with E-state index in [9.17, 15) is 4.79 Å². The molecule has 4 rings (SSSR count). The average Bonchev–Trinajstić information content (AvgIpc) is 3.23. The van der Waals surface area contributed by atoms with Crippen molar-refractivity contribution in [1.29, 1.82) is 0 Å². The summed E-state index contributed by atoms with van der Waals surface area (Å²) in [5.74, 6) is -0.116. The number of nitrogens with one attached hydrogen (secondary N) is 2. The van der Waals surface area contributed by atoms with E-state index in [-0.39, 0.29) is 11.9 Å². The van der Waals surface area contributed by atoms with Crippen molar-refractivity contribution in [3.05, 3.63) is 47.4 Å². The van der Waals surface area contributed by atoms with E-state index in [4.69, 9.17) is 11.6 Å². The second kappa shape index (κ2) is 6.24. The number of nitrogens with zero attached hydrogens (tertiary/aromatic N) is 2. The molecule has 1 aromatic carbocycles. The fraction of sp³-hybridized carbons (Fsp3) is 0.278. The highest BCUT2D eigenvalue weighted by molar-refractivity contribution is 6.30. The van der Waals surface area contributed by atoms with E-state index in [1.54, 1.807) is 12.4 Å². The molecule has 0 radical (unpaired) electrons. The number of rotatable bonds is 3. The van der Waals surface area contributed by atoms with Gasteiger partial charge in [-0.05, 0) is 36.6 Å². The first-order chi connectivity index (χ1) is 11.7. The molecular weight excluding hydrogens is 324 g/mol. The minimum Gasteiger partial charge on any atom is -0.348 e. The van der Waals surface area contributed by atoms with Crippen LogP contribution in [0.1, 0.15) is 36.2 Å². The Hall–Kier alpha value is -2.40. The zero-order chi connectivity index (χ0) is 16.5. The Balaban J connectivity index is 1.69. The maximum atomic E-state index is 12.6. The normalized spacial score (nSPS) is 15.0. The van der Waals surface area contributed by atoms with Gasteiger partial charge < -0.3 is 5.32 Å². The topological polar surface area (TPSA) is 70.7 Å². The minimum absolute atomic E-state index is 0.116. The number of benzene rings is 1. The molecule has 0 bridgehead atoms. The predicted octanol–water partition coefficient (Wildman–Crippen LogP) is 3.95. The third-order valence-electron chi connectivity index (χ3n) is 4.51. The summed E-state index contributed by atoms with van der Waals surface area (Å²) >= 11 is 6.02. The van der Waals surface area contributed by atoms with Crippen LogP contribution < -0.4 is 5.32 Å². The van der Waals surface area contributed by atoms with Crippen LogP contribution in [0.25, 0.3) is 22.0 Å². The Kier molecular flexibility index (Phi) is 3.94. The predicted molar refractivity (Wildman–Crippen MR) is 94.1 cm³/mol. The van der Waals surface area contributed by atoms with E-state index in [1.807, 2.05) is 24.3 Å². The third-order valence-corrected chi connectivity index (χ3v) is 4.71. The number of halogens is 1. The van der Waals surface area contributed by atoms with Gasteiger partial charge in [-0.2, -0.15) is 5.10 Å². The number of aromatic amines is 1. The smallest absolute Gasteiger partial charge is 0.272 e. The Morgan fingerprint density at radius 2 is 2.00 bits per heavy atom. The molecule has 2 N–H and O–H groups in total. The molecule has 0 aliphatic heterocycles. The maximum absolute atomic E-state index is 12.6. The van der Waals surface area contributed by atoms with Gasteiger partial charge in [-0.3, -0.25) is 14.9 Å². The van der Waals surface area contributed by atoms with Gasteiger partial charge in [0.05, 0.1) is 10.5 Å². The second-order valence-corrected chi connectivity index (χ2v) is 6.62. The second-order valence-electron chi connectivity index (χ2n) is 6.18. The van der Waals surface area contributed by atoms with Gasteiger partial charge in [0.25, 0.3) is 5.91 Å². The molecule has 24 heavy (non-hydrogen) atoms. The van der Waals surface area contributed by atoms with Crippen molar-refractivity contribution in [2.75, 3.05) is 0 Å². The Bertz CT molecular complexity index is 899. The average molecular weight is 341 g/mol. The fourth-order valence-electron chi connectivity index (χ4n) is 3.26. The van der Waals surface area contributed by atoms with Crippen LogP contribution in [0.15, 0.2) is 36.7 Å². The van der Waals surface area contributed by atoms with E-state index < -0.39 is 0 Å². The van der Waals surface area contributed by atoms with Gasteiger partial charge in [0.2, 0.25) is 0 Å². The number of carbonyl (C=O) groups is 1. The number of fused-ring (bicyclic) bond motifs is 1. The van der Waals surface area contributed by atoms with Crippen LogP contribution in [0.2, 0.25) is 5.02 Å². The van der Waals surface area contributed by atoms with Crippen molar-refractivity contribution in [2.45, 2.75) is 31.7 Å². The van der Waals surface area contributed by atoms with Gasteiger partial charge in [-0.25, -0.2) is 0 Å².